The van der Waals surface area contributed by atoms with Crippen molar-refractivity contribution in [3.05, 3.63) is 66.4 Å². The highest BCUT2D eigenvalue weighted by Crippen LogP contribution is 2.46. The van der Waals surface area contributed by atoms with Crippen LogP contribution in [-0.4, -0.2) is 21.8 Å². The maximum atomic E-state index is 14.5. The largest absolute Gasteiger partial charge is 0.320 e. The number of hydrogen-bond acceptors (Lipinski definition) is 8. The standard InChI is InChI=1S/C68H106N4O2S4/c1-5-9-13-17-21-25-29-33-37-41-45-53-49-51-75-61(53)64-56(48-44-40-36-32-28-24-20-16-12-8-4)69-67(78-64)60-58-57(65(73)72-60)59(71-66(58)74)63-55(47-43-39-35-31-27-23-19-15-11-7-3)70-68(77-63)62-54(50-52-76-62)46-42-38-34-30-26-22-18-14-10-6-2/h49-52H,5-48H2,1-4H3,(H,71,74)(H,72,73). The van der Waals surface area contributed by atoms with Crippen molar-refractivity contribution < 1.29 is 9.59 Å². The van der Waals surface area contributed by atoms with Crippen molar-refractivity contribution in [3.8, 4) is 19.6 Å². The number of fused-ring (bicyclic) bond motifs is 1. The molecule has 4 aromatic heterocycles. The van der Waals surface area contributed by atoms with E-state index in [4.69, 9.17) is 9.97 Å². The summed E-state index contributed by atoms with van der Waals surface area (Å²) in [4.78, 5) is 44.5. The van der Waals surface area contributed by atoms with Crippen LogP contribution in [0.5, 0.6) is 0 Å². The number of rotatable bonds is 48. The summed E-state index contributed by atoms with van der Waals surface area (Å²) in [5.41, 5.74) is 7.07. The second kappa shape index (κ2) is 38.7. The third-order valence-corrected chi connectivity index (χ3v) is 21.0. The lowest BCUT2D eigenvalue weighted by molar-refractivity contribution is -0.117. The van der Waals surface area contributed by atoms with E-state index in [1.165, 1.54) is 263 Å². The lowest BCUT2D eigenvalue weighted by Crippen LogP contribution is -2.21. The Balaban J connectivity index is 1.20. The summed E-state index contributed by atoms with van der Waals surface area (Å²) >= 11 is 6.97. The zero-order valence-electron chi connectivity index (χ0n) is 49.8. The van der Waals surface area contributed by atoms with Crippen molar-refractivity contribution >= 4 is 68.6 Å². The average Bonchev–Trinajstić information content (AvgIpc) is 4.33. The van der Waals surface area contributed by atoms with Crippen molar-refractivity contribution in [3.63, 3.8) is 0 Å². The Labute approximate surface area is 491 Å². The molecule has 0 atom stereocenters. The van der Waals surface area contributed by atoms with Gasteiger partial charge >= 0.3 is 0 Å². The number of thiophene rings is 2. The SMILES string of the molecule is CCCCCCCCCCCCc1ccsc1-c1nc(CCCCCCCCCCCC)c(C2=C3C(=O)NC(c4nc(CCCCCCCCCCCC)c(-c5sccc5CCCCCCCCCCCC)s4)=C3C(=O)N2)s1. The Kier molecular flexibility index (Phi) is 31.9. The quantitative estimate of drug-likeness (QED) is 0.0432. The highest BCUT2D eigenvalue weighted by molar-refractivity contribution is 7.22. The van der Waals surface area contributed by atoms with E-state index in [0.29, 0.717) is 22.5 Å². The molecule has 0 saturated carbocycles. The summed E-state index contributed by atoms with van der Waals surface area (Å²) in [5, 5.41) is 12.8. The number of aryl methyl sites for hydroxylation is 4. The molecule has 6 heterocycles. The molecule has 0 aliphatic carbocycles. The van der Waals surface area contributed by atoms with E-state index in [1.807, 2.05) is 11.3 Å². The van der Waals surface area contributed by atoms with E-state index in [-0.39, 0.29) is 11.8 Å². The van der Waals surface area contributed by atoms with Gasteiger partial charge in [-0.25, -0.2) is 9.97 Å². The fourth-order valence-corrected chi connectivity index (χ4v) is 16.2. The number of thiazole rings is 2. The molecule has 0 spiro atoms. The maximum absolute atomic E-state index is 14.5. The monoisotopic (exact) mass is 1140 g/mol. The number of hydrogen-bond donors (Lipinski definition) is 2. The molecule has 4 aromatic rings. The lowest BCUT2D eigenvalue weighted by Gasteiger charge is -2.07. The van der Waals surface area contributed by atoms with E-state index in [2.05, 4.69) is 61.2 Å². The molecule has 2 amide bonds. The van der Waals surface area contributed by atoms with Crippen LogP contribution in [0.2, 0.25) is 0 Å². The molecule has 0 unspecified atom stereocenters. The fourth-order valence-electron chi connectivity index (χ4n) is 11.7. The van der Waals surface area contributed by atoms with Crippen molar-refractivity contribution in [1.82, 2.24) is 20.6 Å². The van der Waals surface area contributed by atoms with Gasteiger partial charge in [0.25, 0.3) is 11.8 Å². The molecule has 0 fully saturated rings. The van der Waals surface area contributed by atoms with Gasteiger partial charge in [-0.05, 0) is 85.4 Å². The molecular formula is C68H106N4O2S4. The third-order valence-electron chi connectivity index (χ3n) is 16.5. The number of carbonyl (C=O) groups is 2. The van der Waals surface area contributed by atoms with E-state index >= 15 is 0 Å². The van der Waals surface area contributed by atoms with Gasteiger partial charge in [-0.2, -0.15) is 0 Å². The van der Waals surface area contributed by atoms with Crippen molar-refractivity contribution in [2.75, 3.05) is 0 Å². The van der Waals surface area contributed by atoms with Crippen molar-refractivity contribution in [2.24, 2.45) is 0 Å². The Morgan fingerprint density at radius 3 is 1.06 bits per heavy atom. The number of unbranched alkanes of at least 4 members (excludes halogenated alkanes) is 36. The highest BCUT2D eigenvalue weighted by Gasteiger charge is 2.43. The van der Waals surface area contributed by atoms with Crippen LogP contribution < -0.4 is 10.6 Å². The summed E-state index contributed by atoms with van der Waals surface area (Å²) in [6.45, 7) is 9.16. The molecule has 0 bridgehead atoms. The summed E-state index contributed by atoms with van der Waals surface area (Å²) in [5.74, 6) is -0.423. The first kappa shape index (κ1) is 64.3. The molecule has 0 aromatic carbocycles. The van der Waals surface area contributed by atoms with E-state index < -0.39 is 0 Å². The van der Waals surface area contributed by atoms with Gasteiger partial charge in [0, 0.05) is 4.88 Å². The Morgan fingerprint density at radius 1 is 0.333 bits per heavy atom. The van der Waals surface area contributed by atoms with Gasteiger partial charge in [0.1, 0.15) is 10.0 Å². The van der Waals surface area contributed by atoms with Gasteiger partial charge < -0.3 is 10.6 Å². The van der Waals surface area contributed by atoms with E-state index in [1.54, 1.807) is 34.0 Å². The average molecular weight is 1140 g/mol. The minimum atomic E-state index is -0.211. The number of carbonyl (C=O) groups excluding carboxylic acids is 2. The molecule has 6 rings (SSSR count). The second-order valence-electron chi connectivity index (χ2n) is 23.3. The van der Waals surface area contributed by atoms with Gasteiger partial charge in [-0.1, -0.05) is 259 Å². The lowest BCUT2D eigenvalue weighted by atomic mass is 10.0. The number of aromatic nitrogens is 2. The summed E-state index contributed by atoms with van der Waals surface area (Å²) in [7, 11) is 0. The van der Waals surface area contributed by atoms with Crippen LogP contribution in [0, 0.1) is 0 Å². The summed E-state index contributed by atoms with van der Waals surface area (Å²) in [6, 6.07) is 4.64. The van der Waals surface area contributed by atoms with Gasteiger partial charge in [0.2, 0.25) is 0 Å². The molecule has 2 aliphatic heterocycles. The molecule has 434 valence electrons. The Morgan fingerprint density at radius 2 is 0.641 bits per heavy atom. The zero-order valence-corrected chi connectivity index (χ0v) is 53.0. The minimum absolute atomic E-state index is 0.211. The van der Waals surface area contributed by atoms with E-state index in [9.17, 15) is 9.59 Å². The first-order valence-corrected chi connectivity index (χ1v) is 36.1. The number of nitrogens with one attached hydrogen (secondary N) is 2. The Hall–Kier alpha value is -2.92. The molecule has 2 N–H and O–H groups in total. The highest BCUT2D eigenvalue weighted by atomic mass is 32.1. The van der Waals surface area contributed by atoms with Crippen LogP contribution in [0.4, 0.5) is 0 Å². The van der Waals surface area contributed by atoms with Gasteiger partial charge in [0.05, 0.1) is 48.6 Å². The van der Waals surface area contributed by atoms with Crippen LogP contribution >= 0.6 is 45.3 Å². The predicted octanol–water partition coefficient (Wildman–Crippen LogP) is 22.3. The van der Waals surface area contributed by atoms with Crippen LogP contribution in [0.1, 0.15) is 317 Å². The second-order valence-corrected chi connectivity index (χ2v) is 27.1. The molecule has 0 saturated heterocycles. The van der Waals surface area contributed by atoms with E-state index in [0.717, 1.165) is 71.2 Å². The zero-order chi connectivity index (χ0) is 54.8. The smallest absolute Gasteiger partial charge is 0.258 e. The minimum Gasteiger partial charge on any atom is -0.320 e. The van der Waals surface area contributed by atoms with Crippen LogP contribution in [0.15, 0.2) is 34.0 Å². The number of amides is 2. The molecule has 6 nitrogen and oxygen atoms in total. The maximum Gasteiger partial charge on any atom is 0.258 e. The van der Waals surface area contributed by atoms with Crippen LogP contribution in [0.25, 0.3) is 31.0 Å². The van der Waals surface area contributed by atoms with Gasteiger partial charge in [-0.15, -0.1) is 45.3 Å². The first-order valence-electron chi connectivity index (χ1n) is 32.7. The fraction of sp³-hybridized carbons (Fsp3) is 0.706. The topological polar surface area (TPSA) is 84.0 Å². The molecule has 10 heteroatoms. The predicted molar refractivity (Wildman–Crippen MR) is 343 cm³/mol. The summed E-state index contributed by atoms with van der Waals surface area (Å²) in [6.07, 6.45) is 56.3. The molecule has 78 heavy (non-hydrogen) atoms. The summed E-state index contributed by atoms with van der Waals surface area (Å²) < 4.78 is 0. The normalized spacial score (nSPS) is 13.5. The van der Waals surface area contributed by atoms with Crippen molar-refractivity contribution in [1.29, 1.82) is 0 Å². The van der Waals surface area contributed by atoms with Gasteiger partial charge in [-0.3, -0.25) is 9.59 Å². The third kappa shape index (κ3) is 21.4. The van der Waals surface area contributed by atoms with Crippen LogP contribution in [-0.2, 0) is 35.3 Å². The number of nitrogens with zero attached hydrogens (tertiary/aromatic N) is 2. The van der Waals surface area contributed by atoms with Crippen LogP contribution in [0.3, 0.4) is 0 Å². The molecular weight excluding hydrogens is 1030 g/mol. The molecule has 2 aliphatic rings. The Bertz CT molecular complexity index is 2360. The first-order chi connectivity index (χ1) is 38.5. The molecule has 0 radical (unpaired) electrons. The van der Waals surface area contributed by atoms with Gasteiger partial charge in [0.15, 0.2) is 0 Å². The van der Waals surface area contributed by atoms with Crippen molar-refractivity contribution in [2.45, 2.75) is 310 Å².